The number of anilines is 1. The fourth-order valence-electron chi connectivity index (χ4n) is 3.91. The second-order valence-electron chi connectivity index (χ2n) is 7.64. The molecule has 1 amide bonds. The van der Waals surface area contributed by atoms with Crippen molar-refractivity contribution < 1.29 is 19.8 Å². The quantitative estimate of drug-likeness (QED) is 0.287. The van der Waals surface area contributed by atoms with Crippen LogP contribution >= 0.6 is 11.6 Å². The van der Waals surface area contributed by atoms with Gasteiger partial charge < -0.3 is 20.5 Å². The van der Waals surface area contributed by atoms with Crippen LogP contribution in [0.4, 0.5) is 5.69 Å². The SMILES string of the molecule is O=C1Nc2cc(Cl)c(-c3ccc(-c4ccccc4O)cc3)cc2/C1=C/c1c[nH]c(C(=O)O)c1. The van der Waals surface area contributed by atoms with E-state index in [9.17, 15) is 14.7 Å². The number of fused-ring (bicyclic) bond motifs is 1. The number of aromatic nitrogens is 1. The van der Waals surface area contributed by atoms with Crippen LogP contribution in [0.15, 0.2) is 72.9 Å². The number of benzene rings is 3. The van der Waals surface area contributed by atoms with Crippen LogP contribution in [0, 0.1) is 0 Å². The second kappa shape index (κ2) is 8.00. The summed E-state index contributed by atoms with van der Waals surface area (Å²) in [6.07, 6.45) is 3.18. The smallest absolute Gasteiger partial charge is 0.352 e. The fraction of sp³-hybridized carbons (Fsp3) is 0. The van der Waals surface area contributed by atoms with E-state index >= 15 is 0 Å². The molecule has 0 fully saturated rings. The van der Waals surface area contributed by atoms with E-state index in [0.717, 1.165) is 22.3 Å². The molecule has 6 nitrogen and oxygen atoms in total. The number of aromatic carboxylic acids is 1. The Morgan fingerprint density at radius 2 is 1.61 bits per heavy atom. The van der Waals surface area contributed by atoms with Gasteiger partial charge in [-0.1, -0.05) is 54.1 Å². The Morgan fingerprint density at radius 3 is 2.27 bits per heavy atom. The number of phenolic OH excluding ortho intramolecular Hbond substituents is 1. The first-order valence-electron chi connectivity index (χ1n) is 10.1. The summed E-state index contributed by atoms with van der Waals surface area (Å²) in [6.45, 7) is 0. The van der Waals surface area contributed by atoms with Gasteiger partial charge in [-0.05, 0) is 47.0 Å². The number of para-hydroxylation sites is 1. The van der Waals surface area contributed by atoms with Gasteiger partial charge in [0, 0.05) is 28.5 Å². The molecule has 0 atom stereocenters. The Labute approximate surface area is 193 Å². The van der Waals surface area contributed by atoms with Crippen molar-refractivity contribution in [3.63, 3.8) is 0 Å². The number of nitrogens with one attached hydrogen (secondary N) is 2. The normalized spacial score (nSPS) is 13.7. The van der Waals surface area contributed by atoms with Crippen LogP contribution in [0.5, 0.6) is 5.75 Å². The highest BCUT2D eigenvalue weighted by Crippen LogP contribution is 2.41. The zero-order valence-electron chi connectivity index (χ0n) is 17.1. The summed E-state index contributed by atoms with van der Waals surface area (Å²) in [5.74, 6) is -1.15. The lowest BCUT2D eigenvalue weighted by Crippen LogP contribution is -2.03. The third-order valence-corrected chi connectivity index (χ3v) is 5.86. The van der Waals surface area contributed by atoms with Gasteiger partial charge in [0.2, 0.25) is 0 Å². The number of carbonyl (C=O) groups excluding carboxylic acids is 1. The molecule has 5 rings (SSSR count). The van der Waals surface area contributed by atoms with Crippen molar-refractivity contribution in [3.05, 3.63) is 94.8 Å². The molecular formula is C26H17ClN2O4. The van der Waals surface area contributed by atoms with Crippen LogP contribution in [0.2, 0.25) is 5.02 Å². The Bertz CT molecular complexity index is 1450. The average Bonchev–Trinajstić information content (AvgIpc) is 3.39. The lowest BCUT2D eigenvalue weighted by molar-refractivity contribution is -0.110. The number of rotatable bonds is 4. The molecule has 0 aliphatic carbocycles. The first kappa shape index (κ1) is 20.6. The molecular weight excluding hydrogens is 440 g/mol. The maximum absolute atomic E-state index is 12.6. The van der Waals surface area contributed by atoms with Crippen molar-refractivity contribution in [1.29, 1.82) is 0 Å². The van der Waals surface area contributed by atoms with Crippen LogP contribution in [-0.4, -0.2) is 27.1 Å². The molecule has 33 heavy (non-hydrogen) atoms. The number of phenols is 1. The Morgan fingerprint density at radius 1 is 0.909 bits per heavy atom. The maximum Gasteiger partial charge on any atom is 0.352 e. The topological polar surface area (TPSA) is 102 Å². The first-order valence-corrected chi connectivity index (χ1v) is 10.5. The minimum atomic E-state index is -1.07. The number of amides is 1. The molecule has 0 spiro atoms. The van der Waals surface area contributed by atoms with Crippen molar-refractivity contribution in [2.75, 3.05) is 5.32 Å². The molecule has 0 radical (unpaired) electrons. The number of hydrogen-bond acceptors (Lipinski definition) is 3. The Hall–Kier alpha value is -4.29. The molecule has 162 valence electrons. The molecule has 4 aromatic rings. The molecule has 3 aromatic carbocycles. The van der Waals surface area contributed by atoms with Gasteiger partial charge in [-0.2, -0.15) is 0 Å². The largest absolute Gasteiger partial charge is 0.507 e. The number of carboxylic acid groups (broad SMARTS) is 1. The number of H-pyrrole nitrogens is 1. The highest BCUT2D eigenvalue weighted by atomic mass is 35.5. The van der Waals surface area contributed by atoms with Gasteiger partial charge >= 0.3 is 5.97 Å². The zero-order chi connectivity index (χ0) is 23.1. The summed E-state index contributed by atoms with van der Waals surface area (Å²) in [5, 5.41) is 22.5. The van der Waals surface area contributed by atoms with E-state index in [0.29, 0.717) is 27.4 Å². The van der Waals surface area contributed by atoms with Crippen molar-refractivity contribution in [2.24, 2.45) is 0 Å². The molecule has 7 heteroatoms. The monoisotopic (exact) mass is 456 g/mol. The van der Waals surface area contributed by atoms with E-state index in [1.54, 1.807) is 24.3 Å². The molecule has 1 aromatic heterocycles. The number of aromatic hydroxyl groups is 1. The van der Waals surface area contributed by atoms with Crippen LogP contribution in [0.25, 0.3) is 33.9 Å². The average molecular weight is 457 g/mol. The number of aromatic amines is 1. The number of carbonyl (C=O) groups is 2. The molecule has 2 heterocycles. The van der Waals surface area contributed by atoms with Crippen molar-refractivity contribution in [1.82, 2.24) is 4.98 Å². The summed E-state index contributed by atoms with van der Waals surface area (Å²) < 4.78 is 0. The molecule has 0 saturated heterocycles. The summed E-state index contributed by atoms with van der Waals surface area (Å²) in [7, 11) is 0. The van der Waals surface area contributed by atoms with E-state index in [4.69, 9.17) is 16.7 Å². The van der Waals surface area contributed by atoms with Gasteiger partial charge in [0.05, 0.1) is 10.7 Å². The first-order chi connectivity index (χ1) is 15.9. The molecule has 1 aliphatic heterocycles. The van der Waals surface area contributed by atoms with Gasteiger partial charge in [-0.3, -0.25) is 4.79 Å². The minimum absolute atomic E-state index is 0.0433. The summed E-state index contributed by atoms with van der Waals surface area (Å²) >= 11 is 6.54. The van der Waals surface area contributed by atoms with Gasteiger partial charge in [0.1, 0.15) is 11.4 Å². The van der Waals surface area contributed by atoms with Gasteiger partial charge in [-0.15, -0.1) is 0 Å². The van der Waals surface area contributed by atoms with Gasteiger partial charge in [0.25, 0.3) is 5.91 Å². The highest BCUT2D eigenvalue weighted by molar-refractivity contribution is 6.38. The van der Waals surface area contributed by atoms with Crippen molar-refractivity contribution in [2.45, 2.75) is 0 Å². The summed E-state index contributed by atoms with van der Waals surface area (Å²) in [4.78, 5) is 26.4. The summed E-state index contributed by atoms with van der Waals surface area (Å²) in [5.41, 5.74) is 5.53. The maximum atomic E-state index is 12.6. The second-order valence-corrected chi connectivity index (χ2v) is 8.04. The minimum Gasteiger partial charge on any atom is -0.507 e. The van der Waals surface area contributed by atoms with Gasteiger partial charge in [0.15, 0.2) is 0 Å². The molecule has 0 unspecified atom stereocenters. The number of hydrogen-bond donors (Lipinski definition) is 4. The molecule has 4 N–H and O–H groups in total. The van der Waals surface area contributed by atoms with E-state index in [-0.39, 0.29) is 17.4 Å². The van der Waals surface area contributed by atoms with Crippen LogP contribution < -0.4 is 5.32 Å². The standard InChI is InChI=1S/C26H17ClN2O4/c27-21-12-22-19(20(25(31)29-22)9-14-10-23(26(32)33)28-13-14)11-18(21)16-7-5-15(6-8-16)17-3-1-2-4-24(17)30/h1-13,28,30H,(H,29,31)(H,32,33)/b20-9-. The number of carboxylic acids is 1. The Balaban J connectivity index is 1.53. The fourth-order valence-corrected chi connectivity index (χ4v) is 4.18. The van der Waals surface area contributed by atoms with Crippen molar-refractivity contribution in [3.8, 4) is 28.0 Å². The predicted octanol–water partition coefficient (Wildman–Crippen LogP) is 5.90. The van der Waals surface area contributed by atoms with Crippen LogP contribution in [0.3, 0.4) is 0 Å². The Kier molecular flexibility index (Phi) is 4.99. The molecule has 0 bridgehead atoms. The highest BCUT2D eigenvalue weighted by Gasteiger charge is 2.26. The lowest BCUT2D eigenvalue weighted by Gasteiger charge is -2.10. The van der Waals surface area contributed by atoms with E-state index < -0.39 is 5.97 Å². The van der Waals surface area contributed by atoms with Gasteiger partial charge in [-0.25, -0.2) is 4.79 Å². The van der Waals surface area contributed by atoms with Crippen LogP contribution in [0.1, 0.15) is 21.6 Å². The summed E-state index contributed by atoms with van der Waals surface area (Å²) in [6, 6.07) is 19.8. The van der Waals surface area contributed by atoms with Crippen molar-refractivity contribution >= 4 is 40.8 Å². The predicted molar refractivity (Wildman–Crippen MR) is 128 cm³/mol. The van der Waals surface area contributed by atoms with E-state index in [2.05, 4.69) is 10.3 Å². The molecule has 0 saturated carbocycles. The third-order valence-electron chi connectivity index (χ3n) is 5.55. The lowest BCUT2D eigenvalue weighted by atomic mass is 9.96. The third kappa shape index (κ3) is 3.77. The zero-order valence-corrected chi connectivity index (χ0v) is 17.9. The van der Waals surface area contributed by atoms with E-state index in [1.807, 2.05) is 42.5 Å². The van der Waals surface area contributed by atoms with Crippen LogP contribution in [-0.2, 0) is 4.79 Å². The molecule has 1 aliphatic rings. The number of halogens is 1. The van der Waals surface area contributed by atoms with E-state index in [1.165, 1.54) is 12.3 Å².